The summed E-state index contributed by atoms with van der Waals surface area (Å²) in [4.78, 5) is 0. The number of aryl methyl sites for hydroxylation is 1. The maximum Gasteiger partial charge on any atom is 0.145 e. The van der Waals surface area contributed by atoms with Crippen LogP contribution in [0.25, 0.3) is 21.9 Å². The van der Waals surface area contributed by atoms with Crippen LogP contribution in [0.4, 0.5) is 0 Å². The van der Waals surface area contributed by atoms with Crippen LogP contribution in [-0.4, -0.2) is 10.2 Å². The van der Waals surface area contributed by atoms with Crippen LogP contribution < -0.4 is 0 Å². The SMILES string of the molecule is Cc1c(O)c(C)c2oc3ccccc3c2c1O. The van der Waals surface area contributed by atoms with Crippen molar-refractivity contribution in [2.45, 2.75) is 13.8 Å². The van der Waals surface area contributed by atoms with Gasteiger partial charge in [-0.3, -0.25) is 0 Å². The van der Waals surface area contributed by atoms with Crippen molar-refractivity contribution in [1.29, 1.82) is 0 Å². The molecule has 0 atom stereocenters. The third-order valence-corrected chi connectivity index (χ3v) is 3.24. The van der Waals surface area contributed by atoms with Crippen molar-refractivity contribution in [3.05, 3.63) is 35.4 Å². The van der Waals surface area contributed by atoms with E-state index in [1.54, 1.807) is 13.8 Å². The standard InChI is InChI=1S/C14H12O3/c1-7-12(15)8(2)14-11(13(7)16)9-5-3-4-6-10(9)17-14/h3-6,15-16H,1-2H3. The summed E-state index contributed by atoms with van der Waals surface area (Å²) >= 11 is 0. The molecule has 0 bridgehead atoms. The Morgan fingerprint density at radius 3 is 2.41 bits per heavy atom. The minimum atomic E-state index is 0.0908. The topological polar surface area (TPSA) is 53.6 Å². The van der Waals surface area contributed by atoms with Crippen LogP contribution in [0, 0.1) is 13.8 Å². The Bertz CT molecular complexity index is 738. The van der Waals surface area contributed by atoms with Gasteiger partial charge in [0.05, 0.1) is 5.39 Å². The number of hydrogen-bond acceptors (Lipinski definition) is 3. The van der Waals surface area contributed by atoms with Gasteiger partial charge in [0.25, 0.3) is 0 Å². The number of rotatable bonds is 0. The lowest BCUT2D eigenvalue weighted by Gasteiger charge is -2.06. The molecule has 0 aliphatic heterocycles. The average molecular weight is 228 g/mol. The molecule has 3 aromatic rings. The van der Waals surface area contributed by atoms with E-state index in [-0.39, 0.29) is 11.5 Å². The third kappa shape index (κ3) is 1.16. The van der Waals surface area contributed by atoms with Crippen LogP contribution in [-0.2, 0) is 0 Å². The summed E-state index contributed by atoms with van der Waals surface area (Å²) in [6.45, 7) is 3.48. The Morgan fingerprint density at radius 2 is 1.65 bits per heavy atom. The molecule has 17 heavy (non-hydrogen) atoms. The predicted molar refractivity (Wildman–Crippen MR) is 66.5 cm³/mol. The first kappa shape index (κ1) is 10.0. The highest BCUT2D eigenvalue weighted by Gasteiger charge is 2.18. The Kier molecular flexibility index (Phi) is 1.87. The maximum absolute atomic E-state index is 10.1. The van der Waals surface area contributed by atoms with Crippen molar-refractivity contribution < 1.29 is 14.6 Å². The third-order valence-electron chi connectivity index (χ3n) is 3.24. The molecule has 3 heteroatoms. The molecule has 0 amide bonds. The Labute approximate surface area is 97.9 Å². The van der Waals surface area contributed by atoms with E-state index in [2.05, 4.69) is 0 Å². The smallest absolute Gasteiger partial charge is 0.145 e. The number of fused-ring (bicyclic) bond motifs is 3. The summed E-state index contributed by atoms with van der Waals surface area (Å²) in [7, 11) is 0. The van der Waals surface area contributed by atoms with Crippen LogP contribution in [0.5, 0.6) is 11.5 Å². The van der Waals surface area contributed by atoms with Crippen LogP contribution in [0.2, 0.25) is 0 Å². The summed E-state index contributed by atoms with van der Waals surface area (Å²) in [5, 5.41) is 21.6. The molecule has 1 aromatic heterocycles. The van der Waals surface area contributed by atoms with Gasteiger partial charge in [0.15, 0.2) is 0 Å². The predicted octanol–water partition coefficient (Wildman–Crippen LogP) is 3.61. The van der Waals surface area contributed by atoms with E-state index >= 15 is 0 Å². The second kappa shape index (κ2) is 3.17. The van der Waals surface area contributed by atoms with Gasteiger partial charge in [-0.2, -0.15) is 0 Å². The van der Waals surface area contributed by atoms with Crippen molar-refractivity contribution in [3.63, 3.8) is 0 Å². The Morgan fingerprint density at radius 1 is 0.941 bits per heavy atom. The Balaban J connectivity index is 2.67. The van der Waals surface area contributed by atoms with Crippen molar-refractivity contribution in [1.82, 2.24) is 0 Å². The van der Waals surface area contributed by atoms with Crippen molar-refractivity contribution in [2.24, 2.45) is 0 Å². The molecule has 0 saturated heterocycles. The normalized spacial score (nSPS) is 11.4. The molecule has 1 heterocycles. The van der Waals surface area contributed by atoms with E-state index in [1.165, 1.54) is 0 Å². The van der Waals surface area contributed by atoms with E-state index in [4.69, 9.17) is 4.42 Å². The lowest BCUT2D eigenvalue weighted by molar-refractivity contribution is 0.444. The van der Waals surface area contributed by atoms with E-state index in [9.17, 15) is 10.2 Å². The number of phenolic OH excluding ortho intramolecular Hbond substituents is 2. The summed E-state index contributed by atoms with van der Waals surface area (Å²) < 4.78 is 5.68. The Hall–Kier alpha value is -2.16. The number of furan rings is 1. The second-order valence-corrected chi connectivity index (χ2v) is 4.25. The summed E-state index contributed by atoms with van der Waals surface area (Å²) in [5.74, 6) is 0.183. The van der Waals surface area contributed by atoms with Gasteiger partial charge in [0, 0.05) is 16.5 Å². The van der Waals surface area contributed by atoms with Crippen LogP contribution in [0.1, 0.15) is 11.1 Å². The monoisotopic (exact) mass is 228 g/mol. The molecule has 0 saturated carbocycles. The molecule has 0 aliphatic rings. The van der Waals surface area contributed by atoms with Gasteiger partial charge in [-0.1, -0.05) is 18.2 Å². The molecule has 3 nitrogen and oxygen atoms in total. The first-order chi connectivity index (χ1) is 8.11. The molecule has 0 aliphatic carbocycles. The zero-order valence-electron chi connectivity index (χ0n) is 9.61. The number of aromatic hydroxyl groups is 2. The number of para-hydroxylation sites is 1. The molecule has 0 fully saturated rings. The van der Waals surface area contributed by atoms with Crippen molar-refractivity contribution in [3.8, 4) is 11.5 Å². The van der Waals surface area contributed by atoms with Gasteiger partial charge < -0.3 is 14.6 Å². The quantitative estimate of drug-likeness (QED) is 0.618. The van der Waals surface area contributed by atoms with E-state index in [0.29, 0.717) is 27.7 Å². The van der Waals surface area contributed by atoms with E-state index in [1.807, 2.05) is 24.3 Å². The molecule has 0 spiro atoms. The van der Waals surface area contributed by atoms with E-state index < -0.39 is 0 Å². The molecular formula is C14H12O3. The van der Waals surface area contributed by atoms with Crippen molar-refractivity contribution in [2.75, 3.05) is 0 Å². The largest absolute Gasteiger partial charge is 0.507 e. The molecule has 3 rings (SSSR count). The molecule has 0 radical (unpaired) electrons. The molecule has 86 valence electrons. The van der Waals surface area contributed by atoms with E-state index in [0.717, 1.165) is 5.39 Å². The van der Waals surface area contributed by atoms with Gasteiger partial charge >= 0.3 is 0 Å². The number of benzene rings is 2. The lowest BCUT2D eigenvalue weighted by Crippen LogP contribution is -1.83. The molecule has 0 unspecified atom stereocenters. The summed E-state index contributed by atoms with van der Waals surface area (Å²) in [6, 6.07) is 7.52. The van der Waals surface area contributed by atoms with Gasteiger partial charge in [0.2, 0.25) is 0 Å². The van der Waals surface area contributed by atoms with Crippen LogP contribution in [0.15, 0.2) is 28.7 Å². The zero-order valence-corrected chi connectivity index (χ0v) is 9.61. The minimum Gasteiger partial charge on any atom is -0.507 e. The molecule has 2 N–H and O–H groups in total. The van der Waals surface area contributed by atoms with Gasteiger partial charge in [-0.25, -0.2) is 0 Å². The highest BCUT2D eigenvalue weighted by atomic mass is 16.3. The number of phenols is 2. The first-order valence-electron chi connectivity index (χ1n) is 5.43. The first-order valence-corrected chi connectivity index (χ1v) is 5.43. The fraction of sp³-hybridized carbons (Fsp3) is 0.143. The van der Waals surface area contributed by atoms with Crippen LogP contribution in [0.3, 0.4) is 0 Å². The summed E-state index contributed by atoms with van der Waals surface area (Å²) in [5.41, 5.74) is 2.41. The van der Waals surface area contributed by atoms with Gasteiger partial charge in [-0.15, -0.1) is 0 Å². The minimum absolute atomic E-state index is 0.0908. The van der Waals surface area contributed by atoms with Crippen LogP contribution >= 0.6 is 0 Å². The fourth-order valence-corrected chi connectivity index (χ4v) is 2.23. The van der Waals surface area contributed by atoms with Crippen molar-refractivity contribution >= 4 is 21.9 Å². The lowest BCUT2D eigenvalue weighted by atomic mass is 10.0. The maximum atomic E-state index is 10.1. The fourth-order valence-electron chi connectivity index (χ4n) is 2.23. The zero-order chi connectivity index (χ0) is 12.2. The highest BCUT2D eigenvalue weighted by molar-refractivity contribution is 6.10. The number of hydrogen-bond donors (Lipinski definition) is 2. The van der Waals surface area contributed by atoms with Gasteiger partial charge in [-0.05, 0) is 19.9 Å². The highest BCUT2D eigenvalue weighted by Crippen LogP contribution is 2.43. The summed E-state index contributed by atoms with van der Waals surface area (Å²) in [6.07, 6.45) is 0. The molecule has 2 aromatic carbocycles. The van der Waals surface area contributed by atoms with Gasteiger partial charge in [0.1, 0.15) is 22.7 Å². The molecular weight excluding hydrogens is 216 g/mol. The second-order valence-electron chi connectivity index (χ2n) is 4.25. The average Bonchev–Trinajstić information content (AvgIpc) is 2.73.